The van der Waals surface area contributed by atoms with Crippen LogP contribution in [0.3, 0.4) is 0 Å². The highest BCUT2D eigenvalue weighted by molar-refractivity contribution is 8.00. The average molecular weight is 395 g/mol. The van der Waals surface area contributed by atoms with Crippen LogP contribution in [0.25, 0.3) is 10.9 Å². The zero-order valence-corrected chi connectivity index (χ0v) is 16.5. The Balaban J connectivity index is 1.57. The second-order valence-electron chi connectivity index (χ2n) is 5.76. The molecule has 3 rings (SSSR count). The molecule has 0 aliphatic heterocycles. The second-order valence-corrected chi connectivity index (χ2v) is 6.77. The summed E-state index contributed by atoms with van der Waals surface area (Å²) >= 11 is 1.43. The highest BCUT2D eigenvalue weighted by Crippen LogP contribution is 2.27. The number of hydrogen-bond donors (Lipinski definition) is 1. The van der Waals surface area contributed by atoms with E-state index in [0.29, 0.717) is 18.1 Å². The number of aromatic nitrogens is 1. The number of benzene rings is 2. The van der Waals surface area contributed by atoms with Crippen molar-refractivity contribution in [2.24, 2.45) is 5.10 Å². The summed E-state index contributed by atoms with van der Waals surface area (Å²) in [6.45, 7) is 2.47. The van der Waals surface area contributed by atoms with Crippen molar-refractivity contribution in [2.45, 2.75) is 11.8 Å². The van der Waals surface area contributed by atoms with E-state index < -0.39 is 0 Å². The Labute approximate surface area is 168 Å². The van der Waals surface area contributed by atoms with Gasteiger partial charge in [0.25, 0.3) is 0 Å². The molecule has 144 valence electrons. The summed E-state index contributed by atoms with van der Waals surface area (Å²) in [5, 5.41) is 5.07. The van der Waals surface area contributed by atoms with Crippen molar-refractivity contribution in [3.05, 3.63) is 60.3 Å². The number of nitrogens with zero attached hydrogens (tertiary/aromatic N) is 2. The lowest BCUT2D eigenvalue weighted by Crippen LogP contribution is -2.19. The largest absolute Gasteiger partial charge is 0.493 e. The number of nitrogens with one attached hydrogen (secondary N) is 1. The van der Waals surface area contributed by atoms with Gasteiger partial charge in [0.1, 0.15) is 0 Å². The zero-order valence-electron chi connectivity index (χ0n) is 15.7. The van der Waals surface area contributed by atoms with Gasteiger partial charge in [0.2, 0.25) is 5.91 Å². The molecule has 1 heterocycles. The molecule has 0 aliphatic rings. The molecular formula is C21H21N3O3S. The minimum Gasteiger partial charge on any atom is -0.493 e. The van der Waals surface area contributed by atoms with Crippen molar-refractivity contribution in [3.63, 3.8) is 0 Å². The van der Waals surface area contributed by atoms with Crippen molar-refractivity contribution in [1.82, 2.24) is 10.4 Å². The number of fused-ring (bicyclic) bond motifs is 1. The Kier molecular flexibility index (Phi) is 6.86. The zero-order chi connectivity index (χ0) is 19.8. The van der Waals surface area contributed by atoms with Crippen LogP contribution >= 0.6 is 11.8 Å². The highest BCUT2D eigenvalue weighted by Gasteiger charge is 2.07. The molecule has 0 saturated heterocycles. The van der Waals surface area contributed by atoms with Crippen molar-refractivity contribution < 1.29 is 14.3 Å². The SMILES string of the molecule is CCOc1ccc(/C=N\NC(=O)CSc2cccc3cccnc23)cc1OC. The number of carbonyl (C=O) groups excluding carboxylic acids is 1. The van der Waals surface area contributed by atoms with Crippen molar-refractivity contribution in [3.8, 4) is 11.5 Å². The lowest BCUT2D eigenvalue weighted by atomic mass is 10.2. The molecule has 0 unspecified atom stereocenters. The summed E-state index contributed by atoms with van der Waals surface area (Å²) in [6.07, 6.45) is 3.32. The van der Waals surface area contributed by atoms with Gasteiger partial charge in [-0.2, -0.15) is 5.10 Å². The number of pyridine rings is 1. The van der Waals surface area contributed by atoms with Crippen LogP contribution in [0.4, 0.5) is 0 Å². The molecule has 28 heavy (non-hydrogen) atoms. The quantitative estimate of drug-likeness (QED) is 0.356. The summed E-state index contributed by atoms with van der Waals surface area (Å²) in [5.74, 6) is 1.36. The first kappa shape index (κ1) is 19.7. The number of amides is 1. The van der Waals surface area contributed by atoms with E-state index in [9.17, 15) is 4.79 Å². The van der Waals surface area contributed by atoms with E-state index in [1.807, 2.05) is 49.4 Å². The van der Waals surface area contributed by atoms with Crippen LogP contribution < -0.4 is 14.9 Å². The van der Waals surface area contributed by atoms with Gasteiger partial charge in [0.15, 0.2) is 11.5 Å². The Morgan fingerprint density at radius 2 is 2.07 bits per heavy atom. The Bertz CT molecular complexity index is 986. The molecule has 1 amide bonds. The van der Waals surface area contributed by atoms with Gasteiger partial charge < -0.3 is 9.47 Å². The molecule has 0 radical (unpaired) electrons. The van der Waals surface area contributed by atoms with Crippen LogP contribution in [-0.4, -0.2) is 36.6 Å². The molecule has 7 heteroatoms. The van der Waals surface area contributed by atoms with Gasteiger partial charge in [0, 0.05) is 16.5 Å². The van der Waals surface area contributed by atoms with Gasteiger partial charge >= 0.3 is 0 Å². The standard InChI is InChI=1S/C21H21N3O3S/c1-3-27-17-10-9-15(12-18(17)26-2)13-23-24-20(25)14-28-19-8-4-6-16-7-5-11-22-21(16)19/h4-13H,3,14H2,1-2H3,(H,24,25)/b23-13-. The average Bonchev–Trinajstić information content (AvgIpc) is 2.73. The first-order valence-electron chi connectivity index (χ1n) is 8.80. The van der Waals surface area contributed by atoms with Gasteiger partial charge in [-0.05, 0) is 42.8 Å². The van der Waals surface area contributed by atoms with Crippen LogP contribution in [0.15, 0.2) is 64.7 Å². The fourth-order valence-corrected chi connectivity index (χ4v) is 3.42. The number of para-hydroxylation sites is 1. The van der Waals surface area contributed by atoms with Crippen LogP contribution in [-0.2, 0) is 4.79 Å². The third-order valence-electron chi connectivity index (χ3n) is 3.84. The molecule has 0 bridgehead atoms. The fourth-order valence-electron chi connectivity index (χ4n) is 2.59. The maximum absolute atomic E-state index is 12.1. The Morgan fingerprint density at radius 3 is 2.89 bits per heavy atom. The number of hydrazone groups is 1. The molecule has 2 aromatic carbocycles. The number of thioether (sulfide) groups is 1. The van der Waals surface area contributed by atoms with E-state index in [0.717, 1.165) is 21.4 Å². The summed E-state index contributed by atoms with van der Waals surface area (Å²) in [7, 11) is 1.58. The summed E-state index contributed by atoms with van der Waals surface area (Å²) in [6, 6.07) is 15.3. The minimum atomic E-state index is -0.188. The number of ether oxygens (including phenoxy) is 2. The van der Waals surface area contributed by atoms with Crippen molar-refractivity contribution in [2.75, 3.05) is 19.5 Å². The van der Waals surface area contributed by atoms with Gasteiger partial charge in [-0.15, -0.1) is 11.8 Å². The molecule has 6 nitrogen and oxygen atoms in total. The van der Waals surface area contributed by atoms with Crippen molar-refractivity contribution >= 4 is 34.8 Å². The molecule has 0 atom stereocenters. The topological polar surface area (TPSA) is 72.8 Å². The normalized spacial score (nSPS) is 10.9. The van der Waals surface area contributed by atoms with E-state index >= 15 is 0 Å². The van der Waals surface area contributed by atoms with Crippen LogP contribution in [0.1, 0.15) is 12.5 Å². The van der Waals surface area contributed by atoms with E-state index in [1.165, 1.54) is 11.8 Å². The summed E-state index contributed by atoms with van der Waals surface area (Å²) in [5.41, 5.74) is 4.24. The lowest BCUT2D eigenvalue weighted by Gasteiger charge is -2.09. The number of rotatable bonds is 8. The Morgan fingerprint density at radius 1 is 1.21 bits per heavy atom. The van der Waals surface area contributed by atoms with E-state index in [-0.39, 0.29) is 11.7 Å². The first-order valence-corrected chi connectivity index (χ1v) is 9.79. The van der Waals surface area contributed by atoms with Crippen LogP contribution in [0.2, 0.25) is 0 Å². The minimum absolute atomic E-state index is 0.188. The maximum atomic E-state index is 12.1. The fraction of sp³-hybridized carbons (Fsp3) is 0.190. The van der Waals surface area contributed by atoms with E-state index in [2.05, 4.69) is 15.5 Å². The van der Waals surface area contributed by atoms with Crippen molar-refractivity contribution in [1.29, 1.82) is 0 Å². The molecular weight excluding hydrogens is 374 g/mol. The molecule has 0 saturated carbocycles. The van der Waals surface area contributed by atoms with Gasteiger partial charge in [-0.1, -0.05) is 18.2 Å². The van der Waals surface area contributed by atoms with Gasteiger partial charge in [-0.25, -0.2) is 5.43 Å². The predicted molar refractivity (Wildman–Crippen MR) is 112 cm³/mol. The predicted octanol–water partition coefficient (Wildman–Crippen LogP) is 3.88. The van der Waals surface area contributed by atoms with E-state index in [1.54, 1.807) is 25.6 Å². The second kappa shape index (κ2) is 9.75. The van der Waals surface area contributed by atoms with Gasteiger partial charge in [0.05, 0.1) is 31.2 Å². The van der Waals surface area contributed by atoms with Gasteiger partial charge in [-0.3, -0.25) is 9.78 Å². The van der Waals surface area contributed by atoms with Crippen LogP contribution in [0, 0.1) is 0 Å². The molecule has 1 aromatic heterocycles. The first-order chi connectivity index (χ1) is 13.7. The van der Waals surface area contributed by atoms with E-state index in [4.69, 9.17) is 9.47 Å². The molecule has 3 aromatic rings. The smallest absolute Gasteiger partial charge is 0.250 e. The number of hydrogen-bond acceptors (Lipinski definition) is 6. The third-order valence-corrected chi connectivity index (χ3v) is 4.89. The lowest BCUT2D eigenvalue weighted by molar-refractivity contribution is -0.118. The number of methoxy groups -OCH3 is 1. The monoisotopic (exact) mass is 395 g/mol. The third kappa shape index (κ3) is 5.01. The molecule has 1 N–H and O–H groups in total. The Hall–Kier alpha value is -3.06. The highest BCUT2D eigenvalue weighted by atomic mass is 32.2. The molecule has 0 aliphatic carbocycles. The summed E-state index contributed by atoms with van der Waals surface area (Å²) < 4.78 is 10.8. The number of carbonyl (C=O) groups is 1. The van der Waals surface area contributed by atoms with Crippen LogP contribution in [0.5, 0.6) is 11.5 Å². The maximum Gasteiger partial charge on any atom is 0.250 e. The molecule has 0 fully saturated rings. The summed E-state index contributed by atoms with van der Waals surface area (Å²) in [4.78, 5) is 17.5. The molecule has 0 spiro atoms.